The van der Waals surface area contributed by atoms with Crippen molar-refractivity contribution in [3.05, 3.63) is 35.9 Å². The van der Waals surface area contributed by atoms with E-state index in [4.69, 9.17) is 17.2 Å². The van der Waals surface area contributed by atoms with Gasteiger partial charge in [-0.25, -0.2) is 4.79 Å². The number of guanidine groups is 1. The van der Waals surface area contributed by atoms with E-state index in [-0.39, 0.29) is 37.7 Å². The molecule has 15 nitrogen and oxygen atoms in total. The summed E-state index contributed by atoms with van der Waals surface area (Å²) in [5.41, 5.74) is 17.7. The summed E-state index contributed by atoms with van der Waals surface area (Å²) in [6, 6.07) is 3.96. The standard InChI is InChI=1S/C31H50N8O7/c1-18(2)17-23(29(44)39-16-8-12-24(39)28(43)38-25(19(3)40)30(45)46)37-27(42)22(14-13-20-9-5-4-6-10-20)36-26(41)21(32)11-7-15-35-31(33)34/h4-6,9-10,18-19,21-25,40H,7-8,11-17,32H2,1-3H3,(H,36,41)(H,37,42)(H,38,43)(H,45,46)(H4,33,34,35)/t19-,21+,22+,23+,24+,25+/m1/s1. The quantitative estimate of drug-likeness (QED) is 0.0546. The van der Waals surface area contributed by atoms with E-state index in [0.717, 1.165) is 5.56 Å². The van der Waals surface area contributed by atoms with Crippen molar-refractivity contribution in [3.63, 3.8) is 0 Å². The topological polar surface area (TPSA) is 256 Å². The number of aliphatic carboxylic acids is 1. The van der Waals surface area contributed by atoms with Crippen LogP contribution in [0.25, 0.3) is 0 Å². The summed E-state index contributed by atoms with van der Waals surface area (Å²) < 4.78 is 0. The van der Waals surface area contributed by atoms with Crippen LogP contribution in [0.4, 0.5) is 0 Å². The predicted octanol–water partition coefficient (Wildman–Crippen LogP) is -1.04. The van der Waals surface area contributed by atoms with Crippen LogP contribution >= 0.6 is 0 Å². The SMILES string of the molecule is CC(C)C[C@H](NC(=O)[C@H](CCc1ccccc1)NC(=O)[C@@H](N)CCCN=C(N)N)C(=O)N1CCC[C@H]1C(=O)N[C@H](C(=O)O)[C@@H](C)O. The number of hydrogen-bond acceptors (Lipinski definition) is 8. The maximum atomic E-state index is 13.8. The largest absolute Gasteiger partial charge is 0.480 e. The molecule has 0 unspecified atom stereocenters. The van der Waals surface area contributed by atoms with Crippen LogP contribution in [0.2, 0.25) is 0 Å². The van der Waals surface area contributed by atoms with Crippen molar-refractivity contribution >= 4 is 35.6 Å². The third-order valence-corrected chi connectivity index (χ3v) is 7.71. The van der Waals surface area contributed by atoms with E-state index in [1.165, 1.54) is 11.8 Å². The lowest BCUT2D eigenvalue weighted by Crippen LogP contribution is -2.59. The zero-order valence-electron chi connectivity index (χ0n) is 26.9. The summed E-state index contributed by atoms with van der Waals surface area (Å²) in [4.78, 5) is 70.4. The second-order valence-corrected chi connectivity index (χ2v) is 12.1. The first-order valence-electron chi connectivity index (χ1n) is 15.7. The van der Waals surface area contributed by atoms with Crippen molar-refractivity contribution in [2.24, 2.45) is 28.1 Å². The van der Waals surface area contributed by atoms with E-state index in [2.05, 4.69) is 20.9 Å². The van der Waals surface area contributed by atoms with E-state index in [1.54, 1.807) is 0 Å². The van der Waals surface area contributed by atoms with Crippen LogP contribution in [-0.2, 0) is 30.4 Å². The van der Waals surface area contributed by atoms with Gasteiger partial charge in [0, 0.05) is 13.1 Å². The van der Waals surface area contributed by atoms with Gasteiger partial charge in [0.05, 0.1) is 12.1 Å². The normalized spacial score (nSPS) is 17.7. The zero-order valence-corrected chi connectivity index (χ0v) is 26.9. The van der Waals surface area contributed by atoms with Gasteiger partial charge in [-0.3, -0.25) is 24.2 Å². The van der Waals surface area contributed by atoms with Crippen LogP contribution in [0.3, 0.4) is 0 Å². The molecule has 1 aromatic rings. The van der Waals surface area contributed by atoms with Crippen molar-refractivity contribution in [1.82, 2.24) is 20.9 Å². The minimum Gasteiger partial charge on any atom is -0.480 e. The number of hydrogen-bond donors (Lipinski definition) is 8. The average Bonchev–Trinajstić information content (AvgIpc) is 3.49. The maximum Gasteiger partial charge on any atom is 0.328 e. The van der Waals surface area contributed by atoms with E-state index in [1.807, 2.05) is 44.2 Å². The van der Waals surface area contributed by atoms with Gasteiger partial charge in [-0.2, -0.15) is 0 Å². The first kappa shape index (κ1) is 37.9. The molecule has 1 saturated heterocycles. The number of carboxylic acid groups (broad SMARTS) is 1. The smallest absolute Gasteiger partial charge is 0.328 e. The molecule has 1 heterocycles. The van der Waals surface area contributed by atoms with Crippen LogP contribution in [0.5, 0.6) is 0 Å². The van der Waals surface area contributed by atoms with Gasteiger partial charge < -0.3 is 48.3 Å². The number of likely N-dealkylation sites (tertiary alicyclic amines) is 1. The van der Waals surface area contributed by atoms with Gasteiger partial charge in [-0.1, -0.05) is 44.2 Å². The van der Waals surface area contributed by atoms with Gasteiger partial charge in [-0.15, -0.1) is 0 Å². The number of nitrogens with one attached hydrogen (secondary N) is 3. The second-order valence-electron chi connectivity index (χ2n) is 12.1. The highest BCUT2D eigenvalue weighted by molar-refractivity contribution is 5.95. The molecule has 256 valence electrons. The highest BCUT2D eigenvalue weighted by atomic mass is 16.4. The van der Waals surface area contributed by atoms with E-state index < -0.39 is 65.9 Å². The van der Waals surface area contributed by atoms with E-state index >= 15 is 0 Å². The monoisotopic (exact) mass is 646 g/mol. The van der Waals surface area contributed by atoms with Gasteiger partial charge in [0.25, 0.3) is 0 Å². The van der Waals surface area contributed by atoms with Gasteiger partial charge in [0.1, 0.15) is 18.1 Å². The molecule has 15 heteroatoms. The third kappa shape index (κ3) is 12.3. The van der Waals surface area contributed by atoms with E-state index in [0.29, 0.717) is 32.2 Å². The van der Waals surface area contributed by atoms with Crippen molar-refractivity contribution in [1.29, 1.82) is 0 Å². The number of aliphatic hydroxyl groups excluding tert-OH is 1. The highest BCUT2D eigenvalue weighted by Gasteiger charge is 2.40. The fourth-order valence-electron chi connectivity index (χ4n) is 5.26. The molecule has 1 aliphatic heterocycles. The molecule has 11 N–H and O–H groups in total. The number of rotatable bonds is 18. The number of carboxylic acids is 1. The second kappa shape index (κ2) is 18.7. The van der Waals surface area contributed by atoms with Gasteiger partial charge in [-0.05, 0) is 63.4 Å². The molecule has 46 heavy (non-hydrogen) atoms. The molecule has 0 spiro atoms. The lowest BCUT2D eigenvalue weighted by Gasteiger charge is -2.31. The number of aliphatic hydroxyl groups is 1. The van der Waals surface area contributed by atoms with Gasteiger partial charge in [0.15, 0.2) is 12.0 Å². The number of nitrogens with two attached hydrogens (primary N) is 3. The fraction of sp³-hybridized carbons (Fsp3) is 0.613. The minimum atomic E-state index is -1.54. The number of benzene rings is 1. The molecule has 0 radical (unpaired) electrons. The number of carbonyl (C=O) groups excluding carboxylic acids is 4. The van der Waals surface area contributed by atoms with Crippen LogP contribution in [0, 0.1) is 5.92 Å². The highest BCUT2D eigenvalue weighted by Crippen LogP contribution is 2.21. The van der Waals surface area contributed by atoms with Crippen molar-refractivity contribution in [2.75, 3.05) is 13.1 Å². The van der Waals surface area contributed by atoms with Crippen LogP contribution in [0.15, 0.2) is 35.3 Å². The molecule has 0 bridgehead atoms. The summed E-state index contributed by atoms with van der Waals surface area (Å²) >= 11 is 0. The van der Waals surface area contributed by atoms with Crippen molar-refractivity contribution in [2.45, 2.75) is 102 Å². The summed E-state index contributed by atoms with van der Waals surface area (Å²) in [5.74, 6) is -3.79. The maximum absolute atomic E-state index is 13.8. The van der Waals surface area contributed by atoms with E-state index in [9.17, 15) is 34.2 Å². The lowest BCUT2D eigenvalue weighted by molar-refractivity contribution is -0.147. The third-order valence-electron chi connectivity index (χ3n) is 7.71. The Labute approximate surface area is 269 Å². The fourth-order valence-corrected chi connectivity index (χ4v) is 5.26. The summed E-state index contributed by atoms with van der Waals surface area (Å²) in [7, 11) is 0. The molecule has 1 fully saturated rings. The molecular formula is C31H50N8O7. The Hall–Kier alpha value is -4.24. The zero-order chi connectivity index (χ0) is 34.4. The molecule has 0 aromatic heterocycles. The van der Waals surface area contributed by atoms with Crippen molar-refractivity contribution in [3.8, 4) is 0 Å². The molecule has 2 rings (SSSR count). The Balaban J connectivity index is 2.22. The van der Waals surface area contributed by atoms with Gasteiger partial charge in [0.2, 0.25) is 23.6 Å². The average molecular weight is 647 g/mol. The van der Waals surface area contributed by atoms with Crippen molar-refractivity contribution < 1.29 is 34.2 Å². The molecule has 1 aliphatic rings. The first-order chi connectivity index (χ1) is 21.7. The van der Waals surface area contributed by atoms with Gasteiger partial charge >= 0.3 is 5.97 Å². The van der Waals surface area contributed by atoms with Crippen LogP contribution < -0.4 is 33.2 Å². The molecule has 0 saturated carbocycles. The Kier molecular flexibility index (Phi) is 15.4. The summed E-state index contributed by atoms with van der Waals surface area (Å²) in [6.45, 7) is 5.55. The number of aryl methyl sites for hydroxylation is 1. The summed E-state index contributed by atoms with van der Waals surface area (Å²) in [6.07, 6.45) is 1.12. The molecule has 0 aliphatic carbocycles. The molecule has 6 atom stereocenters. The number of aliphatic imine (C=N–C) groups is 1. The predicted molar refractivity (Wildman–Crippen MR) is 172 cm³/mol. The Morgan fingerprint density at radius 2 is 1.63 bits per heavy atom. The number of carbonyl (C=O) groups is 5. The minimum absolute atomic E-state index is 0.0215. The number of nitrogens with zero attached hydrogens (tertiary/aromatic N) is 2. The number of amides is 4. The van der Waals surface area contributed by atoms with Crippen LogP contribution in [0.1, 0.15) is 64.9 Å². The molecule has 1 aromatic carbocycles. The Morgan fingerprint density at radius 1 is 0.978 bits per heavy atom. The first-order valence-corrected chi connectivity index (χ1v) is 15.7. The summed E-state index contributed by atoms with van der Waals surface area (Å²) in [5, 5.41) is 27.1. The Morgan fingerprint density at radius 3 is 2.22 bits per heavy atom. The van der Waals surface area contributed by atoms with Crippen LogP contribution in [-0.4, -0.2) is 100 Å². The Bertz CT molecular complexity index is 1210. The lowest BCUT2D eigenvalue weighted by atomic mass is 10.00. The molecular weight excluding hydrogens is 596 g/mol. The molecule has 4 amide bonds.